The molecule has 0 aliphatic heterocycles. The lowest BCUT2D eigenvalue weighted by Crippen LogP contribution is -2.04. The SMILES string of the molecule is CCOC(=O)c1ccc2c(c1)nc(-c1ccc(Br)s1)n2C. The summed E-state index contributed by atoms with van der Waals surface area (Å²) in [5.74, 6) is 0.576. The molecule has 0 bridgehead atoms. The molecule has 0 fully saturated rings. The van der Waals surface area contributed by atoms with Gasteiger partial charge in [-0.25, -0.2) is 9.78 Å². The average molecular weight is 365 g/mol. The molecule has 0 saturated carbocycles. The minimum absolute atomic E-state index is 0.314. The maximum absolute atomic E-state index is 11.8. The third-order valence-electron chi connectivity index (χ3n) is 3.19. The Hall–Kier alpha value is -1.66. The Kier molecular flexibility index (Phi) is 3.82. The molecule has 2 aromatic heterocycles. The molecular formula is C15H13BrN2O2S. The highest BCUT2D eigenvalue weighted by molar-refractivity contribution is 9.11. The minimum atomic E-state index is -0.314. The van der Waals surface area contributed by atoms with E-state index < -0.39 is 0 Å². The second-order valence-corrected chi connectivity index (χ2v) is 6.99. The van der Waals surface area contributed by atoms with Crippen molar-refractivity contribution in [3.8, 4) is 10.7 Å². The van der Waals surface area contributed by atoms with Crippen molar-refractivity contribution in [2.75, 3.05) is 6.61 Å². The summed E-state index contributed by atoms with van der Waals surface area (Å²) in [6.45, 7) is 2.16. The van der Waals surface area contributed by atoms with Crippen LogP contribution < -0.4 is 0 Å². The maximum atomic E-state index is 11.8. The normalized spacial score (nSPS) is 11.0. The number of carbonyl (C=O) groups is 1. The van der Waals surface area contributed by atoms with Gasteiger partial charge in [0, 0.05) is 7.05 Å². The summed E-state index contributed by atoms with van der Waals surface area (Å²) in [6, 6.07) is 9.49. The van der Waals surface area contributed by atoms with Gasteiger partial charge in [-0.05, 0) is 53.2 Å². The highest BCUT2D eigenvalue weighted by atomic mass is 79.9. The van der Waals surface area contributed by atoms with Gasteiger partial charge in [-0.15, -0.1) is 11.3 Å². The van der Waals surface area contributed by atoms with Crippen molar-refractivity contribution in [1.29, 1.82) is 0 Å². The Morgan fingerprint density at radius 3 is 2.86 bits per heavy atom. The Morgan fingerprint density at radius 2 is 2.19 bits per heavy atom. The average Bonchev–Trinajstić information content (AvgIpc) is 3.03. The zero-order chi connectivity index (χ0) is 15.0. The van der Waals surface area contributed by atoms with Crippen LogP contribution in [0.1, 0.15) is 17.3 Å². The number of halogens is 1. The molecule has 3 aromatic rings. The molecule has 0 atom stereocenters. The monoisotopic (exact) mass is 364 g/mol. The van der Waals surface area contributed by atoms with E-state index in [9.17, 15) is 4.79 Å². The second-order valence-electron chi connectivity index (χ2n) is 4.52. The van der Waals surface area contributed by atoms with Crippen LogP contribution >= 0.6 is 27.3 Å². The Labute approximate surface area is 134 Å². The second kappa shape index (κ2) is 5.61. The van der Waals surface area contributed by atoms with Crippen molar-refractivity contribution in [2.24, 2.45) is 7.05 Å². The molecule has 4 nitrogen and oxygen atoms in total. The van der Waals surface area contributed by atoms with Gasteiger partial charge < -0.3 is 9.30 Å². The van der Waals surface area contributed by atoms with Gasteiger partial charge in [-0.1, -0.05) is 0 Å². The van der Waals surface area contributed by atoms with E-state index in [1.54, 1.807) is 30.4 Å². The lowest BCUT2D eigenvalue weighted by molar-refractivity contribution is 0.0526. The van der Waals surface area contributed by atoms with Gasteiger partial charge in [0.1, 0.15) is 0 Å². The van der Waals surface area contributed by atoms with Crippen LogP contribution in [0.5, 0.6) is 0 Å². The van der Waals surface area contributed by atoms with Crippen molar-refractivity contribution < 1.29 is 9.53 Å². The molecule has 21 heavy (non-hydrogen) atoms. The van der Waals surface area contributed by atoms with Gasteiger partial charge in [0.25, 0.3) is 0 Å². The fraction of sp³-hybridized carbons (Fsp3) is 0.200. The number of rotatable bonds is 3. The van der Waals surface area contributed by atoms with Crippen molar-refractivity contribution in [3.05, 3.63) is 39.7 Å². The maximum Gasteiger partial charge on any atom is 0.338 e. The first-order valence-electron chi connectivity index (χ1n) is 6.49. The molecule has 108 valence electrons. The van der Waals surface area contributed by atoms with E-state index in [4.69, 9.17) is 4.74 Å². The topological polar surface area (TPSA) is 44.1 Å². The van der Waals surface area contributed by atoms with Crippen LogP contribution in [-0.2, 0) is 11.8 Å². The summed E-state index contributed by atoms with van der Waals surface area (Å²) in [5, 5.41) is 0. The van der Waals surface area contributed by atoms with Crippen molar-refractivity contribution in [3.63, 3.8) is 0 Å². The first-order chi connectivity index (χ1) is 10.1. The number of fused-ring (bicyclic) bond motifs is 1. The number of thiophene rings is 1. The van der Waals surface area contributed by atoms with Gasteiger partial charge in [0.15, 0.2) is 5.82 Å². The number of hydrogen-bond donors (Lipinski definition) is 0. The van der Waals surface area contributed by atoms with Gasteiger partial charge in [-0.3, -0.25) is 0 Å². The highest BCUT2D eigenvalue weighted by Gasteiger charge is 2.14. The van der Waals surface area contributed by atoms with Crippen molar-refractivity contribution in [2.45, 2.75) is 6.92 Å². The number of nitrogens with zero attached hydrogens (tertiary/aromatic N) is 2. The molecular weight excluding hydrogens is 352 g/mol. The molecule has 0 amide bonds. The summed E-state index contributed by atoms with van der Waals surface area (Å²) in [6.07, 6.45) is 0. The van der Waals surface area contributed by atoms with Crippen LogP contribution in [0, 0.1) is 0 Å². The number of carbonyl (C=O) groups excluding carboxylic acids is 1. The molecule has 0 saturated heterocycles. The summed E-state index contributed by atoms with van der Waals surface area (Å²) in [4.78, 5) is 17.5. The first-order valence-corrected chi connectivity index (χ1v) is 8.10. The predicted octanol–water partition coefficient (Wildman–Crippen LogP) is 4.24. The molecule has 2 heterocycles. The fourth-order valence-corrected chi connectivity index (χ4v) is 3.61. The number of aryl methyl sites for hydroxylation is 1. The van der Waals surface area contributed by atoms with Gasteiger partial charge in [0.2, 0.25) is 0 Å². The first kappa shape index (κ1) is 14.3. The van der Waals surface area contributed by atoms with Crippen LogP contribution in [0.4, 0.5) is 0 Å². The summed E-state index contributed by atoms with van der Waals surface area (Å²) in [5.41, 5.74) is 2.31. The van der Waals surface area contributed by atoms with Crippen LogP contribution in [-0.4, -0.2) is 22.1 Å². The number of hydrogen-bond acceptors (Lipinski definition) is 4. The van der Waals surface area contributed by atoms with E-state index in [0.29, 0.717) is 12.2 Å². The van der Waals surface area contributed by atoms with Gasteiger partial charge >= 0.3 is 5.97 Å². The number of ether oxygens (including phenoxy) is 1. The van der Waals surface area contributed by atoms with E-state index in [0.717, 1.165) is 25.5 Å². The van der Waals surface area contributed by atoms with E-state index in [1.807, 2.05) is 29.8 Å². The van der Waals surface area contributed by atoms with E-state index in [-0.39, 0.29) is 5.97 Å². The van der Waals surface area contributed by atoms with Gasteiger partial charge in [0.05, 0.1) is 31.9 Å². The fourth-order valence-electron chi connectivity index (χ4n) is 2.20. The molecule has 0 aliphatic carbocycles. The molecule has 1 aromatic carbocycles. The van der Waals surface area contributed by atoms with Crippen LogP contribution in [0.15, 0.2) is 34.1 Å². The molecule has 3 rings (SSSR count). The van der Waals surface area contributed by atoms with Crippen molar-refractivity contribution in [1.82, 2.24) is 9.55 Å². The van der Waals surface area contributed by atoms with E-state index >= 15 is 0 Å². The quantitative estimate of drug-likeness (QED) is 0.652. The molecule has 0 unspecified atom stereocenters. The molecule has 0 N–H and O–H groups in total. The Morgan fingerprint density at radius 1 is 1.38 bits per heavy atom. The summed E-state index contributed by atoms with van der Waals surface area (Å²) in [7, 11) is 1.97. The third kappa shape index (κ3) is 2.61. The third-order valence-corrected chi connectivity index (χ3v) is 4.81. The van der Waals surface area contributed by atoms with Crippen LogP contribution in [0.3, 0.4) is 0 Å². The molecule has 0 aliphatic rings. The zero-order valence-electron chi connectivity index (χ0n) is 11.6. The number of aromatic nitrogens is 2. The number of esters is 1. The van der Waals surface area contributed by atoms with E-state index in [2.05, 4.69) is 20.9 Å². The smallest absolute Gasteiger partial charge is 0.338 e. The highest BCUT2D eigenvalue weighted by Crippen LogP contribution is 2.32. The minimum Gasteiger partial charge on any atom is -0.462 e. The zero-order valence-corrected chi connectivity index (χ0v) is 14.0. The van der Waals surface area contributed by atoms with Crippen LogP contribution in [0.25, 0.3) is 21.7 Å². The number of imidazole rings is 1. The summed E-state index contributed by atoms with van der Waals surface area (Å²) < 4.78 is 8.12. The van der Waals surface area contributed by atoms with Gasteiger partial charge in [-0.2, -0.15) is 0 Å². The Balaban J connectivity index is 2.09. The molecule has 0 radical (unpaired) electrons. The van der Waals surface area contributed by atoms with Crippen molar-refractivity contribution >= 4 is 44.3 Å². The molecule has 0 spiro atoms. The largest absolute Gasteiger partial charge is 0.462 e. The molecule has 6 heteroatoms. The standard InChI is InChI=1S/C15H13BrN2O2S/c1-3-20-15(19)9-4-5-11-10(8-9)17-14(18(11)2)12-6-7-13(16)21-12/h4-8H,3H2,1-2H3. The number of benzene rings is 1. The van der Waals surface area contributed by atoms with Crippen LogP contribution in [0.2, 0.25) is 0 Å². The lowest BCUT2D eigenvalue weighted by Gasteiger charge is -2.02. The Bertz CT molecular complexity index is 822. The summed E-state index contributed by atoms with van der Waals surface area (Å²) >= 11 is 5.10. The van der Waals surface area contributed by atoms with E-state index in [1.165, 1.54) is 0 Å². The predicted molar refractivity (Wildman–Crippen MR) is 87.7 cm³/mol. The lowest BCUT2D eigenvalue weighted by atomic mass is 10.2.